The van der Waals surface area contributed by atoms with Crippen molar-refractivity contribution in [1.29, 1.82) is 0 Å². The van der Waals surface area contributed by atoms with Crippen LogP contribution in [0.15, 0.2) is 0 Å². The summed E-state index contributed by atoms with van der Waals surface area (Å²) < 4.78 is 16.4. The molecule has 1 aliphatic carbocycles. The molecule has 1 saturated heterocycles. The molecule has 2 atom stereocenters. The Morgan fingerprint density at radius 2 is 2.00 bits per heavy atom. The van der Waals surface area contributed by atoms with Crippen molar-refractivity contribution in [3.05, 3.63) is 0 Å². The summed E-state index contributed by atoms with van der Waals surface area (Å²) in [6, 6.07) is -0.0450. The zero-order valence-electron chi connectivity index (χ0n) is 10.3. The fraction of sp³-hybridized carbons (Fsp3) is 1.00. The summed E-state index contributed by atoms with van der Waals surface area (Å²) >= 11 is 0. The molecule has 0 amide bonds. The Labute approximate surface area is 97.4 Å². The highest BCUT2D eigenvalue weighted by molar-refractivity contribution is 4.96. The van der Waals surface area contributed by atoms with Gasteiger partial charge < -0.3 is 19.9 Å². The minimum Gasteiger partial charge on any atom is -0.375 e. The van der Waals surface area contributed by atoms with Crippen LogP contribution >= 0.6 is 0 Å². The standard InChI is InChI=1S/C12H23NO3/c1-14-11(15-2)10(13)9-4-7-16-12(8-9)5-3-6-12/h9-11H,3-8,13H2,1-2H3. The summed E-state index contributed by atoms with van der Waals surface area (Å²) in [6.07, 6.45) is 5.48. The molecule has 4 heteroatoms. The van der Waals surface area contributed by atoms with E-state index < -0.39 is 0 Å². The second kappa shape index (κ2) is 5.00. The maximum absolute atomic E-state index is 6.21. The monoisotopic (exact) mass is 229 g/mol. The van der Waals surface area contributed by atoms with E-state index in [9.17, 15) is 0 Å². The van der Waals surface area contributed by atoms with Crippen molar-refractivity contribution in [3.8, 4) is 0 Å². The molecular weight excluding hydrogens is 206 g/mol. The van der Waals surface area contributed by atoms with E-state index >= 15 is 0 Å². The van der Waals surface area contributed by atoms with Crippen LogP contribution < -0.4 is 5.73 Å². The molecule has 2 aliphatic rings. The van der Waals surface area contributed by atoms with Crippen LogP contribution in [0.4, 0.5) is 0 Å². The van der Waals surface area contributed by atoms with Crippen LogP contribution in [0.3, 0.4) is 0 Å². The molecule has 0 aromatic heterocycles. The van der Waals surface area contributed by atoms with Crippen LogP contribution in [0.5, 0.6) is 0 Å². The third-order valence-corrected chi connectivity index (χ3v) is 4.12. The van der Waals surface area contributed by atoms with E-state index in [0.29, 0.717) is 5.92 Å². The van der Waals surface area contributed by atoms with Crippen molar-refractivity contribution in [2.45, 2.75) is 50.0 Å². The van der Waals surface area contributed by atoms with Gasteiger partial charge in [-0.15, -0.1) is 0 Å². The average Bonchev–Trinajstić information content (AvgIpc) is 2.28. The summed E-state index contributed by atoms with van der Waals surface area (Å²) in [5.74, 6) is 0.457. The number of ether oxygens (including phenoxy) is 3. The van der Waals surface area contributed by atoms with Crippen LogP contribution in [-0.2, 0) is 14.2 Å². The summed E-state index contributed by atoms with van der Waals surface area (Å²) in [4.78, 5) is 0. The highest BCUT2D eigenvalue weighted by Gasteiger charge is 2.44. The van der Waals surface area contributed by atoms with E-state index in [1.165, 1.54) is 19.3 Å². The lowest BCUT2D eigenvalue weighted by Gasteiger charge is -2.48. The smallest absolute Gasteiger partial charge is 0.172 e. The Morgan fingerprint density at radius 3 is 2.50 bits per heavy atom. The highest BCUT2D eigenvalue weighted by Crippen LogP contribution is 2.45. The van der Waals surface area contributed by atoms with Crippen molar-refractivity contribution >= 4 is 0 Å². The molecule has 0 radical (unpaired) electrons. The Morgan fingerprint density at radius 1 is 1.31 bits per heavy atom. The minimum absolute atomic E-state index is 0.0450. The quantitative estimate of drug-likeness (QED) is 0.738. The first kappa shape index (κ1) is 12.3. The number of hydrogen-bond acceptors (Lipinski definition) is 4. The Kier molecular flexibility index (Phi) is 3.85. The first-order valence-corrected chi connectivity index (χ1v) is 6.16. The minimum atomic E-state index is -0.291. The lowest BCUT2D eigenvalue weighted by molar-refractivity contribution is -0.171. The molecule has 4 nitrogen and oxygen atoms in total. The molecule has 0 aromatic carbocycles. The lowest BCUT2D eigenvalue weighted by atomic mass is 9.70. The van der Waals surface area contributed by atoms with Gasteiger partial charge in [-0.2, -0.15) is 0 Å². The predicted octanol–water partition coefficient (Wildman–Crippen LogP) is 1.28. The zero-order valence-corrected chi connectivity index (χ0v) is 10.3. The topological polar surface area (TPSA) is 53.7 Å². The van der Waals surface area contributed by atoms with Gasteiger partial charge in [0, 0.05) is 20.8 Å². The zero-order chi connectivity index (χ0) is 11.6. The second-order valence-corrected chi connectivity index (χ2v) is 5.06. The molecule has 94 valence electrons. The van der Waals surface area contributed by atoms with Gasteiger partial charge in [-0.05, 0) is 38.0 Å². The molecule has 1 aliphatic heterocycles. The Balaban J connectivity index is 1.92. The maximum atomic E-state index is 6.21. The van der Waals surface area contributed by atoms with Crippen molar-refractivity contribution in [2.24, 2.45) is 11.7 Å². The van der Waals surface area contributed by atoms with Crippen LogP contribution in [0.25, 0.3) is 0 Å². The van der Waals surface area contributed by atoms with E-state index in [0.717, 1.165) is 19.4 Å². The fourth-order valence-corrected chi connectivity index (χ4v) is 2.95. The van der Waals surface area contributed by atoms with Gasteiger partial charge in [0.1, 0.15) is 0 Å². The average molecular weight is 229 g/mol. The van der Waals surface area contributed by atoms with Gasteiger partial charge in [-0.3, -0.25) is 0 Å². The first-order chi connectivity index (χ1) is 7.71. The van der Waals surface area contributed by atoms with Crippen molar-refractivity contribution in [3.63, 3.8) is 0 Å². The van der Waals surface area contributed by atoms with Crippen molar-refractivity contribution in [2.75, 3.05) is 20.8 Å². The molecule has 2 N–H and O–H groups in total. The van der Waals surface area contributed by atoms with Gasteiger partial charge >= 0.3 is 0 Å². The normalized spacial score (nSPS) is 30.4. The summed E-state index contributed by atoms with van der Waals surface area (Å²) in [5.41, 5.74) is 6.35. The maximum Gasteiger partial charge on any atom is 0.172 e. The fourth-order valence-electron chi connectivity index (χ4n) is 2.95. The first-order valence-electron chi connectivity index (χ1n) is 6.16. The summed E-state index contributed by atoms with van der Waals surface area (Å²) in [6.45, 7) is 0.832. The molecule has 0 bridgehead atoms. The number of methoxy groups -OCH3 is 2. The third kappa shape index (κ3) is 2.25. The Hall–Kier alpha value is -0.160. The molecule has 1 heterocycles. The van der Waals surface area contributed by atoms with E-state index in [1.807, 2.05) is 0 Å². The van der Waals surface area contributed by atoms with Gasteiger partial charge in [0.25, 0.3) is 0 Å². The molecule has 16 heavy (non-hydrogen) atoms. The van der Waals surface area contributed by atoms with Gasteiger partial charge in [0.05, 0.1) is 11.6 Å². The molecule has 0 aromatic rings. The van der Waals surface area contributed by atoms with E-state index in [2.05, 4.69) is 0 Å². The predicted molar refractivity (Wildman–Crippen MR) is 61.0 cm³/mol. The van der Waals surface area contributed by atoms with E-state index in [1.54, 1.807) is 14.2 Å². The number of hydrogen-bond donors (Lipinski definition) is 1. The van der Waals surface area contributed by atoms with Gasteiger partial charge in [-0.1, -0.05) is 0 Å². The van der Waals surface area contributed by atoms with Crippen LogP contribution in [0, 0.1) is 5.92 Å². The number of rotatable bonds is 4. The van der Waals surface area contributed by atoms with E-state index in [4.69, 9.17) is 19.9 Å². The highest BCUT2D eigenvalue weighted by atomic mass is 16.7. The SMILES string of the molecule is COC(OC)C(N)C1CCOC2(CCC2)C1. The van der Waals surface area contributed by atoms with Crippen LogP contribution in [0.1, 0.15) is 32.1 Å². The lowest BCUT2D eigenvalue weighted by Crippen LogP contribution is -2.52. The third-order valence-electron chi connectivity index (χ3n) is 4.12. The molecular formula is C12H23NO3. The van der Waals surface area contributed by atoms with Crippen molar-refractivity contribution in [1.82, 2.24) is 0 Å². The van der Waals surface area contributed by atoms with Gasteiger partial charge in [0.2, 0.25) is 0 Å². The van der Waals surface area contributed by atoms with Gasteiger partial charge in [0.15, 0.2) is 6.29 Å². The molecule has 1 saturated carbocycles. The largest absolute Gasteiger partial charge is 0.375 e. The molecule has 2 rings (SSSR count). The molecule has 1 spiro atoms. The second-order valence-electron chi connectivity index (χ2n) is 5.06. The summed E-state index contributed by atoms with van der Waals surface area (Å²) in [5, 5.41) is 0. The van der Waals surface area contributed by atoms with Crippen molar-refractivity contribution < 1.29 is 14.2 Å². The van der Waals surface area contributed by atoms with Crippen LogP contribution in [0.2, 0.25) is 0 Å². The van der Waals surface area contributed by atoms with Gasteiger partial charge in [-0.25, -0.2) is 0 Å². The number of nitrogens with two attached hydrogens (primary N) is 1. The molecule has 2 fully saturated rings. The van der Waals surface area contributed by atoms with E-state index in [-0.39, 0.29) is 17.9 Å². The Bertz CT molecular complexity index is 226. The van der Waals surface area contributed by atoms with Crippen LogP contribution in [-0.4, -0.2) is 38.8 Å². The molecule has 2 unspecified atom stereocenters. The summed E-state index contributed by atoms with van der Waals surface area (Å²) in [7, 11) is 3.29.